The second-order valence-electron chi connectivity index (χ2n) is 5.75. The number of halogens is 2. The van der Waals surface area contributed by atoms with E-state index in [1.165, 1.54) is 0 Å². The molecule has 21 heavy (non-hydrogen) atoms. The fourth-order valence-corrected chi connectivity index (χ4v) is 3.44. The number of rotatable bonds is 5. The Morgan fingerprint density at radius 2 is 2.10 bits per heavy atom. The molecule has 0 aromatic heterocycles. The van der Waals surface area contributed by atoms with Gasteiger partial charge in [-0.2, -0.15) is 8.78 Å². The molecule has 1 heterocycles. The lowest BCUT2D eigenvalue weighted by molar-refractivity contribution is 0.252. The molecule has 5 heteroatoms. The molecule has 0 aliphatic carbocycles. The van der Waals surface area contributed by atoms with Gasteiger partial charge in [-0.3, -0.25) is 0 Å². The lowest BCUT2D eigenvalue weighted by atomic mass is 9.95. The molecular formula is C16H24F2N2S. The average molecular weight is 314 g/mol. The van der Waals surface area contributed by atoms with Crippen molar-refractivity contribution in [2.24, 2.45) is 5.92 Å². The number of piperazine rings is 1. The number of anilines is 1. The standard InChI is InChI=1S/C16H24F2N2S/c1-4-11(2)13-10-20(12(3)9-19-13)14-7-5-6-8-15(14)21-16(17)18/h5-8,11-13,16,19H,4,9-10H2,1-3H3. The molecule has 0 saturated carbocycles. The number of hydrogen-bond acceptors (Lipinski definition) is 3. The minimum Gasteiger partial charge on any atom is -0.365 e. The van der Waals surface area contributed by atoms with Crippen LogP contribution in [0.3, 0.4) is 0 Å². The monoisotopic (exact) mass is 314 g/mol. The summed E-state index contributed by atoms with van der Waals surface area (Å²) in [5.74, 6) is -1.80. The lowest BCUT2D eigenvalue weighted by Crippen LogP contribution is -2.57. The Balaban J connectivity index is 2.22. The average Bonchev–Trinajstić information content (AvgIpc) is 2.47. The third kappa shape index (κ3) is 4.10. The summed E-state index contributed by atoms with van der Waals surface area (Å²) in [6, 6.07) is 8.23. The Labute approximate surface area is 130 Å². The summed E-state index contributed by atoms with van der Waals surface area (Å²) in [5.41, 5.74) is 0.935. The fourth-order valence-electron chi connectivity index (χ4n) is 2.78. The van der Waals surface area contributed by atoms with Crippen LogP contribution in [0.4, 0.5) is 14.5 Å². The van der Waals surface area contributed by atoms with Crippen LogP contribution in [0.15, 0.2) is 29.2 Å². The van der Waals surface area contributed by atoms with Gasteiger partial charge in [0.2, 0.25) is 0 Å². The zero-order chi connectivity index (χ0) is 15.4. The quantitative estimate of drug-likeness (QED) is 0.820. The lowest BCUT2D eigenvalue weighted by Gasteiger charge is -2.43. The molecule has 1 saturated heterocycles. The maximum Gasteiger partial charge on any atom is 0.288 e. The van der Waals surface area contributed by atoms with E-state index in [1.54, 1.807) is 6.07 Å². The first kappa shape index (κ1) is 16.6. The Bertz CT molecular complexity index is 456. The molecule has 1 aliphatic rings. The molecule has 1 aromatic carbocycles. The van der Waals surface area contributed by atoms with Gasteiger partial charge in [-0.05, 0) is 25.0 Å². The molecule has 2 nitrogen and oxygen atoms in total. The van der Waals surface area contributed by atoms with Crippen molar-refractivity contribution in [3.8, 4) is 0 Å². The first-order valence-electron chi connectivity index (χ1n) is 7.56. The molecule has 3 atom stereocenters. The summed E-state index contributed by atoms with van der Waals surface area (Å²) in [7, 11) is 0. The van der Waals surface area contributed by atoms with Crippen LogP contribution in [0, 0.1) is 5.92 Å². The number of alkyl halides is 2. The Morgan fingerprint density at radius 3 is 2.76 bits per heavy atom. The van der Waals surface area contributed by atoms with Crippen molar-refractivity contribution < 1.29 is 8.78 Å². The van der Waals surface area contributed by atoms with E-state index in [4.69, 9.17) is 0 Å². The van der Waals surface area contributed by atoms with E-state index in [0.717, 1.165) is 25.2 Å². The van der Waals surface area contributed by atoms with Gasteiger partial charge in [0, 0.05) is 30.1 Å². The molecule has 1 aliphatic heterocycles. The minimum absolute atomic E-state index is 0.310. The first-order valence-corrected chi connectivity index (χ1v) is 8.44. The maximum atomic E-state index is 12.8. The summed E-state index contributed by atoms with van der Waals surface area (Å²) in [6.45, 7) is 8.34. The molecule has 2 rings (SSSR count). The van der Waals surface area contributed by atoms with Crippen molar-refractivity contribution in [2.45, 2.75) is 49.9 Å². The van der Waals surface area contributed by atoms with Gasteiger partial charge >= 0.3 is 0 Å². The summed E-state index contributed by atoms with van der Waals surface area (Å²) >= 11 is 0.641. The fraction of sp³-hybridized carbons (Fsp3) is 0.625. The van der Waals surface area contributed by atoms with Gasteiger partial charge in [-0.15, -0.1) is 0 Å². The third-order valence-corrected chi connectivity index (χ3v) is 5.10. The molecule has 0 bridgehead atoms. The van der Waals surface area contributed by atoms with Crippen LogP contribution in [-0.4, -0.2) is 30.9 Å². The van der Waals surface area contributed by atoms with Gasteiger partial charge in [-0.1, -0.05) is 44.2 Å². The van der Waals surface area contributed by atoms with E-state index in [9.17, 15) is 8.78 Å². The molecule has 1 N–H and O–H groups in total. The largest absolute Gasteiger partial charge is 0.365 e. The second-order valence-corrected chi connectivity index (χ2v) is 6.78. The molecule has 0 spiro atoms. The van der Waals surface area contributed by atoms with E-state index in [-0.39, 0.29) is 0 Å². The number of thioether (sulfide) groups is 1. The highest BCUT2D eigenvalue weighted by Gasteiger charge is 2.29. The zero-order valence-electron chi connectivity index (χ0n) is 12.9. The molecular weight excluding hydrogens is 290 g/mol. The highest BCUT2D eigenvalue weighted by Crippen LogP contribution is 2.35. The van der Waals surface area contributed by atoms with Crippen LogP contribution in [-0.2, 0) is 0 Å². The van der Waals surface area contributed by atoms with Crippen molar-refractivity contribution in [1.82, 2.24) is 5.32 Å². The first-order chi connectivity index (χ1) is 10.0. The summed E-state index contributed by atoms with van der Waals surface area (Å²) in [5, 5.41) is 3.58. The number of para-hydroxylation sites is 1. The van der Waals surface area contributed by atoms with Crippen LogP contribution in [0.25, 0.3) is 0 Å². The summed E-state index contributed by atoms with van der Waals surface area (Å²) in [6.07, 6.45) is 1.12. The Kier molecular flexibility index (Phi) is 5.88. The maximum absolute atomic E-state index is 12.8. The summed E-state index contributed by atoms with van der Waals surface area (Å²) in [4.78, 5) is 2.95. The highest BCUT2D eigenvalue weighted by atomic mass is 32.2. The Hall–Kier alpha value is -0.810. The van der Waals surface area contributed by atoms with Crippen LogP contribution in [0.2, 0.25) is 0 Å². The van der Waals surface area contributed by atoms with Crippen molar-refractivity contribution in [2.75, 3.05) is 18.0 Å². The van der Waals surface area contributed by atoms with Crippen LogP contribution < -0.4 is 10.2 Å². The predicted octanol–water partition coefficient (Wildman–Crippen LogP) is 4.21. The molecule has 3 unspecified atom stereocenters. The van der Waals surface area contributed by atoms with Crippen LogP contribution in [0.5, 0.6) is 0 Å². The second kappa shape index (κ2) is 7.45. The van der Waals surface area contributed by atoms with Crippen LogP contribution >= 0.6 is 11.8 Å². The van der Waals surface area contributed by atoms with E-state index < -0.39 is 5.76 Å². The van der Waals surface area contributed by atoms with Crippen molar-refractivity contribution in [3.05, 3.63) is 24.3 Å². The van der Waals surface area contributed by atoms with Crippen molar-refractivity contribution >= 4 is 17.4 Å². The Morgan fingerprint density at radius 1 is 1.38 bits per heavy atom. The van der Waals surface area contributed by atoms with Gasteiger partial charge < -0.3 is 10.2 Å². The molecule has 1 fully saturated rings. The number of hydrogen-bond donors (Lipinski definition) is 1. The highest BCUT2D eigenvalue weighted by molar-refractivity contribution is 7.99. The van der Waals surface area contributed by atoms with Crippen molar-refractivity contribution in [1.29, 1.82) is 0 Å². The van der Waals surface area contributed by atoms with Gasteiger partial charge in [-0.25, -0.2) is 0 Å². The van der Waals surface area contributed by atoms with Crippen LogP contribution in [0.1, 0.15) is 27.2 Å². The van der Waals surface area contributed by atoms with Gasteiger partial charge in [0.15, 0.2) is 0 Å². The van der Waals surface area contributed by atoms with E-state index in [0.29, 0.717) is 34.7 Å². The van der Waals surface area contributed by atoms with E-state index >= 15 is 0 Å². The SMILES string of the molecule is CCC(C)C1CN(c2ccccc2SC(F)F)C(C)CN1. The van der Waals surface area contributed by atoms with Gasteiger partial charge in [0.05, 0.1) is 5.69 Å². The van der Waals surface area contributed by atoms with E-state index in [2.05, 4.69) is 31.0 Å². The summed E-state index contributed by atoms with van der Waals surface area (Å²) < 4.78 is 25.5. The molecule has 0 amide bonds. The minimum atomic E-state index is -2.38. The third-order valence-electron chi connectivity index (χ3n) is 4.32. The molecule has 0 radical (unpaired) electrons. The molecule has 1 aromatic rings. The predicted molar refractivity (Wildman–Crippen MR) is 86.4 cm³/mol. The normalized spacial score (nSPS) is 24.4. The topological polar surface area (TPSA) is 15.3 Å². The molecule has 118 valence electrons. The van der Waals surface area contributed by atoms with Gasteiger partial charge in [0.25, 0.3) is 5.76 Å². The number of benzene rings is 1. The van der Waals surface area contributed by atoms with Gasteiger partial charge in [0.1, 0.15) is 0 Å². The van der Waals surface area contributed by atoms with E-state index in [1.807, 2.05) is 18.2 Å². The van der Waals surface area contributed by atoms with Crippen molar-refractivity contribution in [3.63, 3.8) is 0 Å². The zero-order valence-corrected chi connectivity index (χ0v) is 13.7. The number of nitrogens with zero attached hydrogens (tertiary/aromatic N) is 1. The number of nitrogens with one attached hydrogen (secondary N) is 1. The smallest absolute Gasteiger partial charge is 0.288 e.